The van der Waals surface area contributed by atoms with Crippen molar-refractivity contribution in [2.24, 2.45) is 11.7 Å². The molecule has 7 nitrogen and oxygen atoms in total. The van der Waals surface area contributed by atoms with Crippen LogP contribution in [-0.4, -0.2) is 45.0 Å². The van der Waals surface area contributed by atoms with Crippen molar-refractivity contribution in [2.45, 2.75) is 24.9 Å². The highest BCUT2D eigenvalue weighted by Gasteiger charge is 2.57. The summed E-state index contributed by atoms with van der Waals surface area (Å²) in [6.45, 7) is 2.32. The standard InChI is InChI=1S/C16H19N3O4S/c1-8(20)12-14(21)19-13(16(22)23)11(24-15(12)19)7-18-10-4-2-9(6-17)3-5-10/h2-5,8,12,15,18,20H,6-7,17H2,1H3,(H,22,23)/t8-,12+,15-/m1/s1. The Bertz CT molecular complexity index is 702. The zero-order valence-electron chi connectivity index (χ0n) is 13.1. The monoisotopic (exact) mass is 349 g/mol. The summed E-state index contributed by atoms with van der Waals surface area (Å²) in [6.07, 6.45) is -0.794. The number of aliphatic carboxylic acids is 1. The number of thioether (sulfide) groups is 1. The average Bonchev–Trinajstić information content (AvgIpc) is 2.87. The summed E-state index contributed by atoms with van der Waals surface area (Å²) in [5.41, 5.74) is 7.43. The summed E-state index contributed by atoms with van der Waals surface area (Å²) in [5, 5.41) is 22.0. The van der Waals surface area contributed by atoms with Crippen molar-refractivity contribution in [1.82, 2.24) is 4.90 Å². The lowest BCUT2D eigenvalue weighted by molar-refractivity contribution is -0.156. The number of carbonyl (C=O) groups is 2. The highest BCUT2D eigenvalue weighted by molar-refractivity contribution is 8.04. The molecule has 1 aromatic rings. The number of fused-ring (bicyclic) bond motifs is 1. The quantitative estimate of drug-likeness (QED) is 0.561. The minimum absolute atomic E-state index is 0.0120. The number of hydrogen-bond acceptors (Lipinski definition) is 6. The third-order valence-corrected chi connectivity index (χ3v) is 5.59. The van der Waals surface area contributed by atoms with Crippen molar-refractivity contribution in [2.75, 3.05) is 11.9 Å². The SMILES string of the molecule is C[C@@H](O)[C@H]1C(=O)N2C(C(=O)O)=C(CNc3ccc(CN)cc3)S[C@H]12. The Labute approximate surface area is 143 Å². The van der Waals surface area contributed by atoms with Crippen LogP contribution in [0.1, 0.15) is 12.5 Å². The van der Waals surface area contributed by atoms with Gasteiger partial charge in [-0.2, -0.15) is 0 Å². The van der Waals surface area contributed by atoms with Gasteiger partial charge in [0.05, 0.1) is 12.0 Å². The zero-order chi connectivity index (χ0) is 17.4. The first-order chi connectivity index (χ1) is 11.4. The molecule has 0 saturated carbocycles. The van der Waals surface area contributed by atoms with E-state index in [-0.39, 0.29) is 17.0 Å². The van der Waals surface area contributed by atoms with E-state index in [0.29, 0.717) is 18.0 Å². The summed E-state index contributed by atoms with van der Waals surface area (Å²) >= 11 is 1.33. The van der Waals surface area contributed by atoms with Crippen LogP contribution in [0.4, 0.5) is 5.69 Å². The molecule has 128 valence electrons. The number of aliphatic hydroxyl groups is 1. The first kappa shape index (κ1) is 16.8. The summed E-state index contributed by atoms with van der Waals surface area (Å²) in [6, 6.07) is 7.55. The van der Waals surface area contributed by atoms with E-state index in [1.165, 1.54) is 16.7 Å². The first-order valence-corrected chi connectivity index (χ1v) is 8.49. The summed E-state index contributed by atoms with van der Waals surface area (Å²) in [7, 11) is 0. The molecule has 2 aliphatic heterocycles. The largest absolute Gasteiger partial charge is 0.477 e. The molecule has 1 fully saturated rings. The Balaban J connectivity index is 1.74. The van der Waals surface area contributed by atoms with Gasteiger partial charge in [0, 0.05) is 23.7 Å². The van der Waals surface area contributed by atoms with Gasteiger partial charge < -0.3 is 21.3 Å². The third-order valence-electron chi connectivity index (χ3n) is 4.22. The predicted octanol–water partition coefficient (Wildman–Crippen LogP) is 0.766. The van der Waals surface area contributed by atoms with Gasteiger partial charge in [-0.15, -0.1) is 0 Å². The van der Waals surface area contributed by atoms with Gasteiger partial charge >= 0.3 is 5.97 Å². The van der Waals surface area contributed by atoms with E-state index in [4.69, 9.17) is 5.73 Å². The molecule has 1 saturated heterocycles. The Morgan fingerprint density at radius 1 is 1.42 bits per heavy atom. The first-order valence-electron chi connectivity index (χ1n) is 7.61. The van der Waals surface area contributed by atoms with E-state index >= 15 is 0 Å². The molecule has 1 amide bonds. The van der Waals surface area contributed by atoms with Gasteiger partial charge in [0.2, 0.25) is 5.91 Å². The van der Waals surface area contributed by atoms with E-state index < -0.39 is 18.0 Å². The fraction of sp³-hybridized carbons (Fsp3) is 0.375. The molecule has 0 aromatic heterocycles. The van der Waals surface area contributed by atoms with E-state index in [2.05, 4.69) is 5.32 Å². The number of aliphatic hydroxyl groups excluding tert-OH is 1. The van der Waals surface area contributed by atoms with Crippen LogP contribution in [0.2, 0.25) is 0 Å². The second-order valence-corrected chi connectivity index (χ2v) is 7.03. The van der Waals surface area contributed by atoms with Crippen LogP contribution in [0, 0.1) is 5.92 Å². The lowest BCUT2D eigenvalue weighted by Crippen LogP contribution is -2.60. The second-order valence-electron chi connectivity index (χ2n) is 5.81. The molecule has 3 rings (SSSR count). The van der Waals surface area contributed by atoms with E-state index in [1.807, 2.05) is 24.3 Å². The Hall–Kier alpha value is -2.03. The smallest absolute Gasteiger partial charge is 0.353 e. The number of carboxylic acid groups (broad SMARTS) is 1. The molecule has 0 aliphatic carbocycles. The van der Waals surface area contributed by atoms with Crippen LogP contribution >= 0.6 is 11.8 Å². The van der Waals surface area contributed by atoms with Crippen molar-refractivity contribution in [3.8, 4) is 0 Å². The number of hydrogen-bond donors (Lipinski definition) is 4. The van der Waals surface area contributed by atoms with E-state index in [1.54, 1.807) is 6.92 Å². The Morgan fingerprint density at radius 2 is 2.08 bits per heavy atom. The number of nitrogens with one attached hydrogen (secondary N) is 1. The lowest BCUT2D eigenvalue weighted by Gasteiger charge is -2.43. The zero-order valence-corrected chi connectivity index (χ0v) is 13.9. The fourth-order valence-corrected chi connectivity index (χ4v) is 4.47. The summed E-state index contributed by atoms with van der Waals surface area (Å²) < 4.78 is 0. The van der Waals surface area contributed by atoms with Gasteiger partial charge in [-0.25, -0.2) is 4.79 Å². The van der Waals surface area contributed by atoms with Gasteiger partial charge in [-0.3, -0.25) is 9.69 Å². The molecular formula is C16H19N3O4S. The number of anilines is 1. The Kier molecular flexibility index (Phi) is 4.53. The molecular weight excluding hydrogens is 330 g/mol. The van der Waals surface area contributed by atoms with Crippen molar-refractivity contribution in [1.29, 1.82) is 0 Å². The topological polar surface area (TPSA) is 116 Å². The molecule has 0 unspecified atom stereocenters. The molecule has 1 aromatic carbocycles. The highest BCUT2D eigenvalue weighted by atomic mass is 32.2. The predicted molar refractivity (Wildman–Crippen MR) is 90.9 cm³/mol. The van der Waals surface area contributed by atoms with Gasteiger partial charge in [0.15, 0.2) is 0 Å². The van der Waals surface area contributed by atoms with Crippen LogP contribution < -0.4 is 11.1 Å². The molecule has 8 heteroatoms. The van der Waals surface area contributed by atoms with Crippen molar-refractivity contribution in [3.63, 3.8) is 0 Å². The van der Waals surface area contributed by atoms with Gasteiger partial charge in [0.25, 0.3) is 0 Å². The van der Waals surface area contributed by atoms with Crippen molar-refractivity contribution in [3.05, 3.63) is 40.4 Å². The lowest BCUT2D eigenvalue weighted by atomic mass is 9.92. The third kappa shape index (κ3) is 2.77. The number of carbonyl (C=O) groups excluding carboxylic acids is 1. The van der Waals surface area contributed by atoms with Crippen LogP contribution in [-0.2, 0) is 16.1 Å². The number of benzene rings is 1. The van der Waals surface area contributed by atoms with E-state index in [0.717, 1.165) is 11.3 Å². The van der Waals surface area contributed by atoms with Crippen molar-refractivity contribution < 1.29 is 19.8 Å². The number of carboxylic acids is 1. The summed E-state index contributed by atoms with van der Waals surface area (Å²) in [4.78, 5) is 25.5. The molecule has 24 heavy (non-hydrogen) atoms. The number of amides is 1. The normalized spacial score (nSPS) is 23.8. The second kappa shape index (κ2) is 6.46. The van der Waals surface area contributed by atoms with Crippen LogP contribution in [0.5, 0.6) is 0 Å². The fourth-order valence-electron chi connectivity index (χ4n) is 2.92. The molecule has 2 heterocycles. The number of β-lactam (4-membered cyclic amide) rings is 1. The summed E-state index contributed by atoms with van der Waals surface area (Å²) in [5.74, 6) is -2.01. The van der Waals surface area contributed by atoms with Gasteiger partial charge in [0.1, 0.15) is 11.1 Å². The van der Waals surface area contributed by atoms with Crippen LogP contribution in [0.15, 0.2) is 34.9 Å². The molecule has 0 bridgehead atoms. The average molecular weight is 349 g/mol. The molecule has 0 radical (unpaired) electrons. The maximum absolute atomic E-state index is 12.1. The van der Waals surface area contributed by atoms with Crippen LogP contribution in [0.25, 0.3) is 0 Å². The minimum atomic E-state index is -1.13. The number of nitrogens with zero attached hydrogens (tertiary/aromatic N) is 1. The van der Waals surface area contributed by atoms with Gasteiger partial charge in [-0.05, 0) is 24.6 Å². The maximum Gasteiger partial charge on any atom is 0.353 e. The maximum atomic E-state index is 12.1. The van der Waals surface area contributed by atoms with Crippen molar-refractivity contribution >= 4 is 29.3 Å². The van der Waals surface area contributed by atoms with Crippen LogP contribution in [0.3, 0.4) is 0 Å². The number of nitrogens with two attached hydrogens (primary N) is 1. The van der Waals surface area contributed by atoms with E-state index in [9.17, 15) is 19.8 Å². The highest BCUT2D eigenvalue weighted by Crippen LogP contribution is 2.50. The van der Waals surface area contributed by atoms with Gasteiger partial charge in [-0.1, -0.05) is 23.9 Å². The minimum Gasteiger partial charge on any atom is -0.477 e. The molecule has 5 N–H and O–H groups in total. The molecule has 2 aliphatic rings. The number of rotatable bonds is 6. The Morgan fingerprint density at radius 3 is 2.62 bits per heavy atom. The molecule has 3 atom stereocenters. The molecule has 0 spiro atoms.